The third-order valence-corrected chi connectivity index (χ3v) is 5.53. The number of morpholine rings is 1. The van der Waals surface area contributed by atoms with Crippen LogP contribution in [-0.4, -0.2) is 62.1 Å². The zero-order valence-corrected chi connectivity index (χ0v) is 14.4. The number of nitrogens with one attached hydrogen (secondary N) is 1. The first-order valence-electron chi connectivity index (χ1n) is 9.20. The molecule has 1 unspecified atom stereocenters. The van der Waals surface area contributed by atoms with Crippen LogP contribution in [0.2, 0.25) is 0 Å². The molecule has 6 nitrogen and oxygen atoms in total. The van der Waals surface area contributed by atoms with Crippen LogP contribution < -0.4 is 10.2 Å². The van der Waals surface area contributed by atoms with Gasteiger partial charge in [-0.3, -0.25) is 9.59 Å². The molecule has 4 rings (SSSR count). The number of benzene rings is 1. The van der Waals surface area contributed by atoms with Gasteiger partial charge in [-0.1, -0.05) is 18.2 Å². The fraction of sp³-hybridized carbons (Fsp3) is 0.579. The smallest absolute Gasteiger partial charge is 0.246 e. The summed E-state index contributed by atoms with van der Waals surface area (Å²) in [5.41, 5.74) is 2.38. The van der Waals surface area contributed by atoms with Crippen molar-refractivity contribution in [2.45, 2.75) is 25.4 Å². The third-order valence-electron chi connectivity index (χ3n) is 5.53. The number of carbonyl (C=O) groups is 2. The first-order valence-corrected chi connectivity index (χ1v) is 9.20. The molecule has 1 aromatic rings. The number of amides is 2. The van der Waals surface area contributed by atoms with Crippen molar-refractivity contribution in [1.29, 1.82) is 0 Å². The minimum atomic E-state index is -0.0357. The Morgan fingerprint density at radius 2 is 2.00 bits per heavy atom. The van der Waals surface area contributed by atoms with Crippen LogP contribution in [0.3, 0.4) is 0 Å². The van der Waals surface area contributed by atoms with Crippen molar-refractivity contribution in [3.8, 4) is 0 Å². The Hall–Kier alpha value is -1.92. The summed E-state index contributed by atoms with van der Waals surface area (Å²) in [5.74, 6) is 0.367. The van der Waals surface area contributed by atoms with Gasteiger partial charge < -0.3 is 19.9 Å². The minimum absolute atomic E-state index is 0.0357. The van der Waals surface area contributed by atoms with E-state index in [1.807, 2.05) is 17.0 Å². The van der Waals surface area contributed by atoms with Gasteiger partial charge in [0.15, 0.2) is 0 Å². The first-order chi connectivity index (χ1) is 12.2. The zero-order chi connectivity index (χ0) is 17.2. The van der Waals surface area contributed by atoms with Gasteiger partial charge in [0.1, 0.15) is 6.61 Å². The molecule has 1 atom stereocenters. The summed E-state index contributed by atoms with van der Waals surface area (Å²) in [7, 11) is 0. The van der Waals surface area contributed by atoms with Gasteiger partial charge >= 0.3 is 0 Å². The number of ether oxygens (including phenoxy) is 1. The van der Waals surface area contributed by atoms with Crippen molar-refractivity contribution in [1.82, 2.24) is 10.2 Å². The SMILES string of the molecule is O=C1COC(CN2CCC(C(=O)N3CCc4ccccc43)CC2)CN1. The van der Waals surface area contributed by atoms with E-state index in [1.165, 1.54) is 5.56 Å². The predicted octanol–water partition coefficient (Wildman–Crippen LogP) is 0.803. The minimum Gasteiger partial charge on any atom is -0.365 e. The van der Waals surface area contributed by atoms with E-state index in [1.54, 1.807) is 0 Å². The highest BCUT2D eigenvalue weighted by molar-refractivity contribution is 5.97. The number of para-hydroxylation sites is 1. The second kappa shape index (κ2) is 7.14. The van der Waals surface area contributed by atoms with Gasteiger partial charge in [-0.2, -0.15) is 0 Å². The monoisotopic (exact) mass is 343 g/mol. The second-order valence-electron chi connectivity index (χ2n) is 7.18. The summed E-state index contributed by atoms with van der Waals surface area (Å²) < 4.78 is 5.56. The maximum atomic E-state index is 12.9. The quantitative estimate of drug-likeness (QED) is 0.882. The highest BCUT2D eigenvalue weighted by Gasteiger charge is 2.33. The van der Waals surface area contributed by atoms with Gasteiger partial charge in [0, 0.05) is 31.2 Å². The predicted molar refractivity (Wildman–Crippen MR) is 94.4 cm³/mol. The molecular weight excluding hydrogens is 318 g/mol. The molecule has 3 heterocycles. The van der Waals surface area contributed by atoms with E-state index in [-0.39, 0.29) is 30.4 Å². The standard InChI is InChI=1S/C19H25N3O3/c23-18-13-25-16(11-20-18)12-21-8-5-15(6-9-21)19(24)22-10-7-14-3-1-2-4-17(14)22/h1-4,15-16H,5-13H2,(H,20,23). The Morgan fingerprint density at radius 3 is 2.76 bits per heavy atom. The highest BCUT2D eigenvalue weighted by atomic mass is 16.5. The molecule has 3 aliphatic heterocycles. The lowest BCUT2D eigenvalue weighted by Gasteiger charge is -2.35. The molecule has 1 aromatic carbocycles. The van der Waals surface area contributed by atoms with E-state index < -0.39 is 0 Å². The van der Waals surface area contributed by atoms with E-state index in [4.69, 9.17) is 4.74 Å². The number of rotatable bonds is 3. The van der Waals surface area contributed by atoms with Gasteiger partial charge in [-0.15, -0.1) is 0 Å². The number of carbonyl (C=O) groups excluding carboxylic acids is 2. The van der Waals surface area contributed by atoms with E-state index in [0.717, 1.165) is 51.1 Å². The Labute approximate surface area is 148 Å². The van der Waals surface area contributed by atoms with Crippen LogP contribution in [-0.2, 0) is 20.7 Å². The third kappa shape index (κ3) is 3.55. The number of piperidine rings is 1. The van der Waals surface area contributed by atoms with E-state index >= 15 is 0 Å². The molecule has 2 fully saturated rings. The van der Waals surface area contributed by atoms with Crippen molar-refractivity contribution < 1.29 is 14.3 Å². The molecule has 134 valence electrons. The van der Waals surface area contributed by atoms with Crippen LogP contribution in [0.5, 0.6) is 0 Å². The van der Waals surface area contributed by atoms with Crippen LogP contribution in [0.4, 0.5) is 5.69 Å². The van der Waals surface area contributed by atoms with Crippen molar-refractivity contribution in [2.24, 2.45) is 5.92 Å². The molecule has 0 saturated carbocycles. The van der Waals surface area contributed by atoms with E-state index in [2.05, 4.69) is 22.3 Å². The molecule has 1 N–H and O–H groups in total. The van der Waals surface area contributed by atoms with Crippen LogP contribution in [0.15, 0.2) is 24.3 Å². The lowest BCUT2D eigenvalue weighted by atomic mass is 9.95. The highest BCUT2D eigenvalue weighted by Crippen LogP contribution is 2.31. The molecule has 2 saturated heterocycles. The summed E-state index contributed by atoms with van der Waals surface area (Å²) in [6, 6.07) is 8.23. The molecule has 0 spiro atoms. The lowest BCUT2D eigenvalue weighted by Crippen LogP contribution is -2.50. The Morgan fingerprint density at radius 1 is 1.20 bits per heavy atom. The summed E-state index contributed by atoms with van der Waals surface area (Å²) in [6.07, 6.45) is 2.83. The van der Waals surface area contributed by atoms with Crippen LogP contribution >= 0.6 is 0 Å². The van der Waals surface area contributed by atoms with Gasteiger partial charge in [-0.25, -0.2) is 0 Å². The normalized spacial score (nSPS) is 24.9. The Kier molecular flexibility index (Phi) is 4.72. The molecule has 0 bridgehead atoms. The van der Waals surface area contributed by atoms with Crippen molar-refractivity contribution in [3.05, 3.63) is 29.8 Å². The number of anilines is 1. The Bertz CT molecular complexity index is 645. The van der Waals surface area contributed by atoms with Crippen molar-refractivity contribution in [3.63, 3.8) is 0 Å². The number of likely N-dealkylation sites (tertiary alicyclic amines) is 1. The molecule has 0 radical (unpaired) electrons. The zero-order valence-electron chi connectivity index (χ0n) is 14.4. The maximum absolute atomic E-state index is 12.9. The number of nitrogens with zero attached hydrogens (tertiary/aromatic N) is 2. The van der Waals surface area contributed by atoms with Gasteiger partial charge in [0.2, 0.25) is 11.8 Å². The fourth-order valence-electron chi connectivity index (χ4n) is 4.09. The molecule has 3 aliphatic rings. The molecule has 25 heavy (non-hydrogen) atoms. The molecule has 2 amide bonds. The Balaban J connectivity index is 1.29. The summed E-state index contributed by atoms with van der Waals surface area (Å²) in [5, 5.41) is 2.84. The first kappa shape index (κ1) is 16.5. The number of hydrogen-bond acceptors (Lipinski definition) is 4. The van der Waals surface area contributed by atoms with Gasteiger partial charge in [0.05, 0.1) is 6.10 Å². The number of fused-ring (bicyclic) bond motifs is 1. The average molecular weight is 343 g/mol. The molecule has 6 heteroatoms. The summed E-state index contributed by atoms with van der Waals surface area (Å²) in [6.45, 7) is 4.22. The van der Waals surface area contributed by atoms with Crippen LogP contribution in [0.25, 0.3) is 0 Å². The van der Waals surface area contributed by atoms with E-state index in [0.29, 0.717) is 6.54 Å². The average Bonchev–Trinajstić information content (AvgIpc) is 3.08. The van der Waals surface area contributed by atoms with Crippen LogP contribution in [0, 0.1) is 5.92 Å². The second-order valence-corrected chi connectivity index (χ2v) is 7.18. The molecule has 0 aromatic heterocycles. The van der Waals surface area contributed by atoms with Gasteiger partial charge in [0.25, 0.3) is 0 Å². The fourth-order valence-corrected chi connectivity index (χ4v) is 4.09. The largest absolute Gasteiger partial charge is 0.365 e. The topological polar surface area (TPSA) is 61.9 Å². The molecular formula is C19H25N3O3. The van der Waals surface area contributed by atoms with E-state index in [9.17, 15) is 9.59 Å². The van der Waals surface area contributed by atoms with Crippen LogP contribution in [0.1, 0.15) is 18.4 Å². The summed E-state index contributed by atoms with van der Waals surface area (Å²) in [4.78, 5) is 28.4. The number of hydrogen-bond donors (Lipinski definition) is 1. The lowest BCUT2D eigenvalue weighted by molar-refractivity contribution is -0.134. The molecule has 0 aliphatic carbocycles. The van der Waals surface area contributed by atoms with Gasteiger partial charge in [-0.05, 0) is 44.0 Å². The van der Waals surface area contributed by atoms with Crippen molar-refractivity contribution in [2.75, 3.05) is 44.2 Å². The maximum Gasteiger partial charge on any atom is 0.246 e. The summed E-state index contributed by atoms with van der Waals surface area (Å²) >= 11 is 0. The van der Waals surface area contributed by atoms with Crippen molar-refractivity contribution >= 4 is 17.5 Å².